The quantitative estimate of drug-likeness (QED) is 0.588. The predicted molar refractivity (Wildman–Crippen MR) is 63.0 cm³/mol. The number of esters is 1. The molecule has 0 aliphatic carbocycles. The van der Waals surface area contributed by atoms with Crippen molar-refractivity contribution in [3.8, 4) is 5.75 Å². The third-order valence-corrected chi connectivity index (χ3v) is 2.34. The number of halogens is 1. The van der Waals surface area contributed by atoms with E-state index in [1.807, 2.05) is 24.3 Å². The summed E-state index contributed by atoms with van der Waals surface area (Å²) in [5, 5.41) is 0. The molecule has 0 aromatic heterocycles. The van der Waals surface area contributed by atoms with Gasteiger partial charge in [-0.1, -0.05) is 12.1 Å². The number of hydrogen-bond donors (Lipinski definition) is 0. The molecule has 0 spiro atoms. The number of carbonyl (C=O) groups excluding carboxylic acids is 1. The fraction of sp³-hybridized carbons (Fsp3) is 0.417. The van der Waals surface area contributed by atoms with Crippen LogP contribution in [-0.2, 0) is 16.0 Å². The molecule has 0 radical (unpaired) electrons. The lowest BCUT2D eigenvalue weighted by molar-refractivity contribution is -0.147. The molecule has 1 unspecified atom stereocenters. The largest absolute Gasteiger partial charge is 0.479 e. The van der Waals surface area contributed by atoms with Gasteiger partial charge in [0.25, 0.3) is 0 Å². The number of benzene rings is 1. The highest BCUT2D eigenvalue weighted by Crippen LogP contribution is 2.14. The first kappa shape index (κ1) is 12.8. The number of carbonyl (C=O) groups is 1. The van der Waals surface area contributed by atoms with Gasteiger partial charge in [-0.25, -0.2) is 4.79 Å². The number of alkyl halides is 1. The molecule has 0 bridgehead atoms. The second-order valence-electron chi connectivity index (χ2n) is 3.37. The summed E-state index contributed by atoms with van der Waals surface area (Å²) >= 11 is 5.63. The van der Waals surface area contributed by atoms with E-state index in [1.165, 1.54) is 7.11 Å². The Morgan fingerprint density at radius 3 is 2.50 bits per heavy atom. The van der Waals surface area contributed by atoms with Crippen LogP contribution >= 0.6 is 11.6 Å². The van der Waals surface area contributed by atoms with Gasteiger partial charge in [0.05, 0.1) is 7.11 Å². The van der Waals surface area contributed by atoms with Crippen molar-refractivity contribution < 1.29 is 14.3 Å². The van der Waals surface area contributed by atoms with Crippen LogP contribution in [0.2, 0.25) is 0 Å². The molecule has 16 heavy (non-hydrogen) atoms. The molecule has 0 amide bonds. The van der Waals surface area contributed by atoms with Crippen molar-refractivity contribution in [3.63, 3.8) is 0 Å². The minimum absolute atomic E-state index is 0.384. The lowest BCUT2D eigenvalue weighted by atomic mass is 10.2. The highest BCUT2D eigenvalue weighted by atomic mass is 35.5. The zero-order valence-electron chi connectivity index (χ0n) is 9.40. The lowest BCUT2D eigenvalue weighted by Gasteiger charge is -2.12. The van der Waals surface area contributed by atoms with E-state index >= 15 is 0 Å². The van der Waals surface area contributed by atoms with E-state index in [2.05, 4.69) is 4.74 Å². The predicted octanol–water partition coefficient (Wildman–Crippen LogP) is 2.41. The third kappa shape index (κ3) is 3.74. The smallest absolute Gasteiger partial charge is 0.346 e. The Kier molecular flexibility index (Phi) is 5.12. The van der Waals surface area contributed by atoms with Crippen molar-refractivity contribution in [2.45, 2.75) is 19.4 Å². The van der Waals surface area contributed by atoms with Gasteiger partial charge in [0.1, 0.15) is 5.75 Å². The molecule has 0 N–H and O–H groups in total. The van der Waals surface area contributed by atoms with Gasteiger partial charge in [-0.15, -0.1) is 11.6 Å². The fourth-order valence-corrected chi connectivity index (χ4v) is 1.48. The highest BCUT2D eigenvalue weighted by molar-refractivity contribution is 6.17. The van der Waals surface area contributed by atoms with Gasteiger partial charge >= 0.3 is 5.97 Å². The molecular formula is C12H15ClO3. The average Bonchev–Trinajstić information content (AvgIpc) is 2.31. The summed E-state index contributed by atoms with van der Waals surface area (Å²) in [6.07, 6.45) is 0.234. The summed E-state index contributed by atoms with van der Waals surface area (Å²) in [5.41, 5.74) is 1.15. The molecule has 3 nitrogen and oxygen atoms in total. The standard InChI is InChI=1S/C12H15ClO3/c1-9(12(14)15-2)16-11-5-3-10(4-6-11)7-8-13/h3-6,9H,7-8H2,1-2H3. The van der Waals surface area contributed by atoms with Crippen molar-refractivity contribution in [1.82, 2.24) is 0 Å². The molecule has 1 aromatic rings. The Morgan fingerprint density at radius 2 is 2.00 bits per heavy atom. The highest BCUT2D eigenvalue weighted by Gasteiger charge is 2.14. The molecule has 0 aliphatic rings. The van der Waals surface area contributed by atoms with Crippen LogP contribution in [0.5, 0.6) is 5.75 Å². The van der Waals surface area contributed by atoms with Crippen LogP contribution in [0.3, 0.4) is 0 Å². The Balaban J connectivity index is 2.58. The van der Waals surface area contributed by atoms with E-state index in [0.717, 1.165) is 12.0 Å². The monoisotopic (exact) mass is 242 g/mol. The molecule has 0 saturated carbocycles. The van der Waals surface area contributed by atoms with Gasteiger partial charge in [0.15, 0.2) is 6.10 Å². The number of aryl methyl sites for hydroxylation is 1. The second-order valence-corrected chi connectivity index (χ2v) is 3.74. The van der Waals surface area contributed by atoms with Gasteiger partial charge in [0.2, 0.25) is 0 Å². The molecule has 1 atom stereocenters. The van der Waals surface area contributed by atoms with Crippen LogP contribution in [0, 0.1) is 0 Å². The number of ether oxygens (including phenoxy) is 2. The molecule has 1 rings (SSSR count). The maximum absolute atomic E-state index is 11.1. The average molecular weight is 243 g/mol. The molecule has 88 valence electrons. The van der Waals surface area contributed by atoms with Crippen molar-refractivity contribution in [2.75, 3.05) is 13.0 Å². The van der Waals surface area contributed by atoms with E-state index in [1.54, 1.807) is 6.92 Å². The van der Waals surface area contributed by atoms with E-state index in [-0.39, 0.29) is 5.97 Å². The number of hydrogen-bond acceptors (Lipinski definition) is 3. The molecular weight excluding hydrogens is 228 g/mol. The zero-order valence-corrected chi connectivity index (χ0v) is 10.2. The maximum atomic E-state index is 11.1. The van der Waals surface area contributed by atoms with Crippen LogP contribution in [0.25, 0.3) is 0 Å². The van der Waals surface area contributed by atoms with E-state index in [0.29, 0.717) is 11.6 Å². The molecule has 1 aromatic carbocycles. The second kappa shape index (κ2) is 6.38. The summed E-state index contributed by atoms with van der Waals surface area (Å²) < 4.78 is 9.96. The molecule has 4 heteroatoms. The molecule has 0 heterocycles. The summed E-state index contributed by atoms with van der Waals surface area (Å²) in [7, 11) is 1.34. The Bertz CT molecular complexity index is 335. The van der Waals surface area contributed by atoms with Crippen LogP contribution < -0.4 is 4.74 Å². The normalized spacial score (nSPS) is 11.9. The van der Waals surface area contributed by atoms with Gasteiger partial charge in [-0.2, -0.15) is 0 Å². The minimum Gasteiger partial charge on any atom is -0.479 e. The zero-order chi connectivity index (χ0) is 12.0. The molecule has 0 saturated heterocycles. The Morgan fingerprint density at radius 1 is 1.38 bits per heavy atom. The van der Waals surface area contributed by atoms with Gasteiger partial charge < -0.3 is 9.47 Å². The maximum Gasteiger partial charge on any atom is 0.346 e. The van der Waals surface area contributed by atoms with Crippen molar-refractivity contribution in [3.05, 3.63) is 29.8 Å². The summed E-state index contributed by atoms with van der Waals surface area (Å²) in [6.45, 7) is 1.65. The van der Waals surface area contributed by atoms with E-state index in [4.69, 9.17) is 16.3 Å². The SMILES string of the molecule is COC(=O)C(C)Oc1ccc(CCCl)cc1. The van der Waals surface area contributed by atoms with Crippen LogP contribution in [-0.4, -0.2) is 25.1 Å². The van der Waals surface area contributed by atoms with E-state index < -0.39 is 6.10 Å². The molecule has 0 aliphatic heterocycles. The van der Waals surface area contributed by atoms with Gasteiger partial charge in [-0.05, 0) is 31.0 Å². The summed E-state index contributed by atoms with van der Waals surface area (Å²) in [5.74, 6) is 0.861. The van der Waals surface area contributed by atoms with Crippen LogP contribution in [0.4, 0.5) is 0 Å². The van der Waals surface area contributed by atoms with Crippen molar-refractivity contribution >= 4 is 17.6 Å². The topological polar surface area (TPSA) is 35.5 Å². The van der Waals surface area contributed by atoms with Gasteiger partial charge in [-0.3, -0.25) is 0 Å². The van der Waals surface area contributed by atoms with E-state index in [9.17, 15) is 4.79 Å². The molecule has 0 fully saturated rings. The Labute approximate surface area is 100 Å². The minimum atomic E-state index is -0.594. The number of rotatable bonds is 5. The van der Waals surface area contributed by atoms with Crippen LogP contribution in [0.15, 0.2) is 24.3 Å². The first-order valence-corrected chi connectivity index (χ1v) is 5.60. The first-order chi connectivity index (χ1) is 7.67. The number of methoxy groups -OCH3 is 1. The summed E-state index contributed by atoms with van der Waals surface area (Å²) in [6, 6.07) is 7.51. The van der Waals surface area contributed by atoms with Crippen molar-refractivity contribution in [1.29, 1.82) is 0 Å². The summed E-state index contributed by atoms with van der Waals surface area (Å²) in [4.78, 5) is 11.1. The third-order valence-electron chi connectivity index (χ3n) is 2.15. The lowest BCUT2D eigenvalue weighted by Crippen LogP contribution is -2.24. The van der Waals surface area contributed by atoms with Crippen LogP contribution in [0.1, 0.15) is 12.5 Å². The first-order valence-electron chi connectivity index (χ1n) is 5.06. The van der Waals surface area contributed by atoms with Crippen molar-refractivity contribution in [2.24, 2.45) is 0 Å². The van der Waals surface area contributed by atoms with Gasteiger partial charge in [0, 0.05) is 5.88 Å². The Hall–Kier alpha value is -1.22. The fourth-order valence-electron chi connectivity index (χ4n) is 1.26.